The number of alkyl halides is 3. The highest BCUT2D eigenvalue weighted by molar-refractivity contribution is 7.98. The molecule has 0 spiro atoms. The second-order valence-electron chi connectivity index (χ2n) is 10.5. The van der Waals surface area contributed by atoms with Crippen LogP contribution in [-0.4, -0.2) is 110 Å². The number of amides is 1. The van der Waals surface area contributed by atoms with Gasteiger partial charge in [-0.05, 0) is 55.0 Å². The molecule has 7 nitrogen and oxygen atoms in total. The Hall–Kier alpha value is -1.73. The number of thioether (sulfide) groups is 1. The molecular weight excluding hydrogens is 614 g/mol. The van der Waals surface area contributed by atoms with Gasteiger partial charge in [0.1, 0.15) is 5.75 Å². The van der Waals surface area contributed by atoms with Gasteiger partial charge in [0.05, 0.1) is 24.9 Å². The molecular formula is C29H40Cl2F3N3O4S. The molecule has 0 saturated carbocycles. The van der Waals surface area contributed by atoms with Crippen LogP contribution in [0.3, 0.4) is 0 Å². The molecule has 2 heterocycles. The fraction of sp³-hybridized carbons (Fsp3) is 0.552. The first-order chi connectivity index (χ1) is 19.1. The lowest BCUT2D eigenvalue weighted by molar-refractivity contribution is -0.137. The van der Waals surface area contributed by atoms with Gasteiger partial charge >= 0.3 is 6.18 Å². The SMILES string of the molecule is COC[C@@H]1CN(CCN2CCN(C(=O)c3cc(SC)cc(C(F)(F)F)c3)[C@H](Cc3ccc(C)c(O)c3)C2)CCO1.Cl.Cl. The molecule has 0 radical (unpaired) electrons. The standard InChI is InChI=1S/C29H38F3N3O4S.2ClH/c1-20-4-5-21(13-27(20)36)12-24-17-33(6-7-34-10-11-39-25(18-34)19-38-2)8-9-35(24)28(37)22-14-23(29(30,31)32)16-26(15-22)40-3;;/h4-5,13-16,24-25,36H,6-12,17-19H2,1-3H3;2*1H/t24-,25+;;/m1../s1. The Morgan fingerprint density at radius 1 is 1.07 bits per heavy atom. The van der Waals surface area contributed by atoms with Gasteiger partial charge in [-0.1, -0.05) is 12.1 Å². The first-order valence-electron chi connectivity index (χ1n) is 13.5. The van der Waals surface area contributed by atoms with E-state index in [1.807, 2.05) is 19.1 Å². The number of aromatic hydroxyl groups is 1. The van der Waals surface area contributed by atoms with Crippen molar-refractivity contribution in [3.63, 3.8) is 0 Å². The minimum atomic E-state index is -4.54. The lowest BCUT2D eigenvalue weighted by atomic mass is 9.99. The molecule has 2 aromatic rings. The predicted molar refractivity (Wildman–Crippen MR) is 164 cm³/mol. The van der Waals surface area contributed by atoms with Gasteiger partial charge in [0, 0.05) is 69.4 Å². The molecule has 4 rings (SSSR count). The molecule has 2 aliphatic heterocycles. The fourth-order valence-corrected chi connectivity index (χ4v) is 5.83. The highest BCUT2D eigenvalue weighted by Gasteiger charge is 2.35. The molecule has 0 aliphatic carbocycles. The summed E-state index contributed by atoms with van der Waals surface area (Å²) >= 11 is 1.18. The number of benzene rings is 2. The van der Waals surface area contributed by atoms with Gasteiger partial charge in [-0.2, -0.15) is 13.2 Å². The van der Waals surface area contributed by atoms with E-state index in [0.717, 1.165) is 49.4 Å². The molecule has 2 aromatic carbocycles. The number of nitrogens with zero attached hydrogens (tertiary/aromatic N) is 3. The van der Waals surface area contributed by atoms with Crippen LogP contribution in [0.25, 0.3) is 0 Å². The van der Waals surface area contributed by atoms with Gasteiger partial charge in [-0.3, -0.25) is 14.6 Å². The van der Waals surface area contributed by atoms with E-state index in [1.54, 1.807) is 24.3 Å². The molecule has 1 N–H and O–H groups in total. The number of morpholine rings is 1. The van der Waals surface area contributed by atoms with E-state index in [-0.39, 0.29) is 48.3 Å². The molecule has 42 heavy (non-hydrogen) atoms. The quantitative estimate of drug-likeness (QED) is 0.382. The van der Waals surface area contributed by atoms with E-state index in [2.05, 4.69) is 9.80 Å². The highest BCUT2D eigenvalue weighted by Crippen LogP contribution is 2.33. The maximum absolute atomic E-state index is 13.7. The van der Waals surface area contributed by atoms with Crippen LogP contribution in [0.1, 0.15) is 27.0 Å². The number of ether oxygens (including phenoxy) is 2. The topological polar surface area (TPSA) is 65.5 Å². The second-order valence-corrected chi connectivity index (χ2v) is 11.4. The molecule has 2 atom stereocenters. The van der Waals surface area contributed by atoms with Gasteiger partial charge < -0.3 is 19.5 Å². The molecule has 2 aliphatic rings. The predicted octanol–water partition coefficient (Wildman–Crippen LogP) is 5.00. The van der Waals surface area contributed by atoms with Gasteiger partial charge in [-0.25, -0.2) is 0 Å². The number of carbonyl (C=O) groups is 1. The van der Waals surface area contributed by atoms with E-state index in [1.165, 1.54) is 17.8 Å². The van der Waals surface area contributed by atoms with Crippen LogP contribution in [0, 0.1) is 6.92 Å². The van der Waals surface area contributed by atoms with Crippen molar-refractivity contribution >= 4 is 42.5 Å². The van der Waals surface area contributed by atoms with Gasteiger partial charge in [0.25, 0.3) is 5.91 Å². The van der Waals surface area contributed by atoms with E-state index in [4.69, 9.17) is 9.47 Å². The maximum atomic E-state index is 13.7. The van der Waals surface area contributed by atoms with Crippen molar-refractivity contribution in [3.05, 3.63) is 58.7 Å². The molecule has 13 heteroatoms. The molecule has 0 aromatic heterocycles. The van der Waals surface area contributed by atoms with E-state index < -0.39 is 17.6 Å². The summed E-state index contributed by atoms with van der Waals surface area (Å²) in [5.74, 6) is -0.221. The largest absolute Gasteiger partial charge is 0.508 e. The lowest BCUT2D eigenvalue weighted by Gasteiger charge is -2.43. The number of hydrogen-bond acceptors (Lipinski definition) is 7. The monoisotopic (exact) mass is 653 g/mol. The number of phenolic OH excluding ortho intramolecular Hbond substituents is 1. The minimum Gasteiger partial charge on any atom is -0.508 e. The zero-order valence-corrected chi connectivity index (χ0v) is 26.5. The third-order valence-electron chi connectivity index (χ3n) is 7.60. The number of hydrogen-bond donors (Lipinski definition) is 1. The van der Waals surface area contributed by atoms with Crippen molar-refractivity contribution in [1.82, 2.24) is 14.7 Å². The average Bonchev–Trinajstić information content (AvgIpc) is 2.93. The molecule has 1 amide bonds. The molecule has 236 valence electrons. The molecule has 0 unspecified atom stereocenters. The number of rotatable bonds is 9. The maximum Gasteiger partial charge on any atom is 0.416 e. The normalized spacial score (nSPS) is 20.1. The number of carbonyl (C=O) groups excluding carboxylic acids is 1. The smallest absolute Gasteiger partial charge is 0.416 e. The summed E-state index contributed by atoms with van der Waals surface area (Å²) in [6.45, 7) is 7.93. The van der Waals surface area contributed by atoms with Crippen LogP contribution in [0.2, 0.25) is 0 Å². The summed E-state index contributed by atoms with van der Waals surface area (Å²) in [4.78, 5) is 20.5. The third kappa shape index (κ3) is 9.64. The van der Waals surface area contributed by atoms with Crippen molar-refractivity contribution in [2.24, 2.45) is 0 Å². The minimum absolute atomic E-state index is 0. The first kappa shape index (κ1) is 36.5. The fourth-order valence-electron chi connectivity index (χ4n) is 5.34. The van der Waals surface area contributed by atoms with Crippen LogP contribution in [0.5, 0.6) is 5.75 Å². The Kier molecular flexibility index (Phi) is 14.2. The summed E-state index contributed by atoms with van der Waals surface area (Å²) in [6, 6.07) is 8.78. The zero-order valence-electron chi connectivity index (χ0n) is 24.1. The van der Waals surface area contributed by atoms with Crippen molar-refractivity contribution in [3.8, 4) is 5.75 Å². The Morgan fingerprint density at radius 2 is 1.79 bits per heavy atom. The summed E-state index contributed by atoms with van der Waals surface area (Å²) in [6.07, 6.45) is -2.31. The third-order valence-corrected chi connectivity index (χ3v) is 8.30. The summed E-state index contributed by atoms with van der Waals surface area (Å²) in [7, 11) is 1.66. The molecule has 0 bridgehead atoms. The van der Waals surface area contributed by atoms with Crippen molar-refractivity contribution in [2.45, 2.75) is 36.6 Å². The zero-order chi connectivity index (χ0) is 28.9. The van der Waals surface area contributed by atoms with E-state index >= 15 is 0 Å². The van der Waals surface area contributed by atoms with Crippen LogP contribution in [-0.2, 0) is 22.1 Å². The Morgan fingerprint density at radius 3 is 2.43 bits per heavy atom. The number of aryl methyl sites for hydroxylation is 1. The highest BCUT2D eigenvalue weighted by atomic mass is 35.5. The second kappa shape index (κ2) is 16.4. The number of piperazine rings is 1. The number of methoxy groups -OCH3 is 1. The summed E-state index contributed by atoms with van der Waals surface area (Å²) in [5.41, 5.74) is 0.852. The summed E-state index contributed by atoms with van der Waals surface area (Å²) < 4.78 is 51.8. The van der Waals surface area contributed by atoms with E-state index in [9.17, 15) is 23.1 Å². The molecule has 2 fully saturated rings. The van der Waals surface area contributed by atoms with Crippen LogP contribution >= 0.6 is 36.6 Å². The lowest BCUT2D eigenvalue weighted by Crippen LogP contribution is -2.57. The first-order valence-corrected chi connectivity index (χ1v) is 14.7. The van der Waals surface area contributed by atoms with Crippen molar-refractivity contribution in [1.29, 1.82) is 0 Å². The van der Waals surface area contributed by atoms with Gasteiger partial charge in [0.15, 0.2) is 0 Å². The Labute approximate surface area is 262 Å². The van der Waals surface area contributed by atoms with Gasteiger partial charge in [0.2, 0.25) is 0 Å². The van der Waals surface area contributed by atoms with Crippen molar-refractivity contribution < 1.29 is 32.5 Å². The van der Waals surface area contributed by atoms with Crippen molar-refractivity contribution in [2.75, 3.05) is 72.4 Å². The number of phenols is 1. The van der Waals surface area contributed by atoms with Crippen LogP contribution in [0.15, 0.2) is 41.3 Å². The average molecular weight is 655 g/mol. The van der Waals surface area contributed by atoms with E-state index in [0.29, 0.717) is 44.2 Å². The Bertz CT molecular complexity index is 1180. The van der Waals surface area contributed by atoms with Gasteiger partial charge in [-0.15, -0.1) is 36.6 Å². The van der Waals surface area contributed by atoms with Crippen LogP contribution < -0.4 is 0 Å². The van der Waals surface area contributed by atoms with Crippen LogP contribution in [0.4, 0.5) is 13.2 Å². The summed E-state index contributed by atoms with van der Waals surface area (Å²) in [5, 5.41) is 10.3. The molecule has 2 saturated heterocycles. The number of halogens is 5. The Balaban J connectivity index is 0.00000308.